The molecular formula is C27H24N2OS. The number of para-hydroxylation sites is 1. The van der Waals surface area contributed by atoms with Crippen LogP contribution in [-0.2, 0) is 0 Å². The second-order valence-electron chi connectivity index (χ2n) is 8.35. The van der Waals surface area contributed by atoms with Crippen molar-refractivity contribution in [3.8, 4) is 5.75 Å². The van der Waals surface area contributed by atoms with Crippen molar-refractivity contribution >= 4 is 45.1 Å². The summed E-state index contributed by atoms with van der Waals surface area (Å²) in [5.41, 5.74) is 6.38. The minimum Gasteiger partial charge on any atom is -0.497 e. The number of benzene rings is 3. The number of thiazole rings is 1. The van der Waals surface area contributed by atoms with Gasteiger partial charge in [-0.1, -0.05) is 36.8 Å². The third-order valence-electron chi connectivity index (χ3n) is 6.58. The molecule has 0 N–H and O–H groups in total. The second kappa shape index (κ2) is 7.54. The van der Waals surface area contributed by atoms with Crippen LogP contribution in [0.2, 0.25) is 0 Å². The van der Waals surface area contributed by atoms with Crippen LogP contribution >= 0.6 is 11.3 Å². The molecule has 0 saturated heterocycles. The number of hydrogen-bond donors (Lipinski definition) is 0. The van der Waals surface area contributed by atoms with Crippen molar-refractivity contribution in [3.05, 3.63) is 82.9 Å². The molecule has 3 aromatic carbocycles. The van der Waals surface area contributed by atoms with E-state index in [0.29, 0.717) is 12.0 Å². The molecule has 2 aliphatic rings. The van der Waals surface area contributed by atoms with Gasteiger partial charge in [-0.15, -0.1) is 11.3 Å². The number of rotatable bonds is 4. The van der Waals surface area contributed by atoms with Gasteiger partial charge >= 0.3 is 0 Å². The maximum atomic E-state index is 5.49. The molecular weight excluding hydrogens is 400 g/mol. The minimum atomic E-state index is 0.547. The van der Waals surface area contributed by atoms with Crippen molar-refractivity contribution in [1.29, 1.82) is 0 Å². The van der Waals surface area contributed by atoms with Crippen LogP contribution in [0.15, 0.2) is 66.7 Å². The first-order valence-electron chi connectivity index (χ1n) is 10.9. The molecule has 2 atom stereocenters. The van der Waals surface area contributed by atoms with E-state index in [0.717, 1.165) is 16.3 Å². The lowest BCUT2D eigenvalue weighted by Crippen LogP contribution is -2.26. The fourth-order valence-electron chi connectivity index (χ4n) is 5.20. The number of anilines is 2. The third kappa shape index (κ3) is 3.22. The van der Waals surface area contributed by atoms with Crippen molar-refractivity contribution in [2.75, 3.05) is 12.0 Å². The number of hydrogen-bond acceptors (Lipinski definition) is 4. The summed E-state index contributed by atoms with van der Waals surface area (Å²) in [5.74, 6) is 1.52. The highest BCUT2D eigenvalue weighted by atomic mass is 32.1. The Labute approximate surface area is 186 Å². The molecule has 1 saturated carbocycles. The predicted molar refractivity (Wildman–Crippen MR) is 131 cm³/mol. The van der Waals surface area contributed by atoms with E-state index >= 15 is 0 Å². The summed E-state index contributed by atoms with van der Waals surface area (Å²) in [6.07, 6.45) is 8.15. The Morgan fingerprint density at radius 2 is 1.94 bits per heavy atom. The van der Waals surface area contributed by atoms with Crippen LogP contribution in [0.3, 0.4) is 0 Å². The lowest BCUT2D eigenvalue weighted by molar-refractivity contribution is 0.415. The van der Waals surface area contributed by atoms with Crippen LogP contribution in [0.5, 0.6) is 5.75 Å². The zero-order valence-corrected chi connectivity index (χ0v) is 18.3. The van der Waals surface area contributed by atoms with E-state index in [4.69, 9.17) is 9.72 Å². The van der Waals surface area contributed by atoms with E-state index in [9.17, 15) is 0 Å². The summed E-state index contributed by atoms with van der Waals surface area (Å²) < 4.78 is 6.72. The van der Waals surface area contributed by atoms with Gasteiger partial charge in [-0.25, -0.2) is 4.98 Å². The number of methoxy groups -OCH3 is 1. The Kier molecular flexibility index (Phi) is 4.53. The fourth-order valence-corrected chi connectivity index (χ4v) is 6.07. The molecule has 1 aromatic heterocycles. The first kappa shape index (κ1) is 18.6. The monoisotopic (exact) mass is 424 g/mol. The highest BCUT2D eigenvalue weighted by Crippen LogP contribution is 2.52. The number of aromatic nitrogens is 1. The molecule has 0 radical (unpaired) electrons. The standard InChI is InChI=1S/C27H24N2OS/c1-30-20-7-4-6-19(17-20)29-24-10-5-8-21(24)22-16-18(12-14-25(22)29)13-15-27-28-23-9-2-3-11-26(23)31-27/h2-4,6-7,9,11-17,21,24H,5,8,10H2,1H3/b15-13+. The van der Waals surface area contributed by atoms with Gasteiger partial charge < -0.3 is 9.64 Å². The molecule has 2 heterocycles. The van der Waals surface area contributed by atoms with E-state index in [1.807, 2.05) is 12.1 Å². The third-order valence-corrected chi connectivity index (χ3v) is 7.58. The Bertz CT molecular complexity index is 1260. The van der Waals surface area contributed by atoms with E-state index in [2.05, 4.69) is 71.6 Å². The average Bonchev–Trinajstić information content (AvgIpc) is 3.51. The van der Waals surface area contributed by atoms with E-state index < -0.39 is 0 Å². The normalized spacial score (nSPS) is 19.8. The number of nitrogens with zero attached hydrogens (tertiary/aromatic N) is 2. The fraction of sp³-hybridized carbons (Fsp3) is 0.222. The smallest absolute Gasteiger partial charge is 0.120 e. The van der Waals surface area contributed by atoms with E-state index in [-0.39, 0.29) is 0 Å². The van der Waals surface area contributed by atoms with Gasteiger partial charge in [-0.05, 0) is 66.4 Å². The summed E-state index contributed by atoms with van der Waals surface area (Å²) in [4.78, 5) is 7.27. The Hall–Kier alpha value is -3.11. The summed E-state index contributed by atoms with van der Waals surface area (Å²) in [7, 11) is 1.74. The Morgan fingerprint density at radius 3 is 2.84 bits per heavy atom. The van der Waals surface area contributed by atoms with Crippen molar-refractivity contribution in [2.45, 2.75) is 31.2 Å². The van der Waals surface area contributed by atoms with Crippen molar-refractivity contribution in [1.82, 2.24) is 4.98 Å². The zero-order chi connectivity index (χ0) is 20.8. The van der Waals surface area contributed by atoms with Gasteiger partial charge in [0.15, 0.2) is 0 Å². The van der Waals surface area contributed by atoms with Crippen LogP contribution in [-0.4, -0.2) is 18.1 Å². The zero-order valence-electron chi connectivity index (χ0n) is 17.5. The second-order valence-corrected chi connectivity index (χ2v) is 9.41. The highest BCUT2D eigenvalue weighted by molar-refractivity contribution is 7.19. The van der Waals surface area contributed by atoms with Crippen molar-refractivity contribution < 1.29 is 4.74 Å². The molecule has 6 rings (SSSR count). The molecule has 0 spiro atoms. The van der Waals surface area contributed by atoms with Crippen LogP contribution in [0.25, 0.3) is 22.4 Å². The lowest BCUT2D eigenvalue weighted by Gasteiger charge is -2.27. The highest BCUT2D eigenvalue weighted by Gasteiger charge is 2.42. The number of fused-ring (bicyclic) bond motifs is 4. The van der Waals surface area contributed by atoms with Gasteiger partial charge in [0.2, 0.25) is 0 Å². The molecule has 3 nitrogen and oxygen atoms in total. The Balaban J connectivity index is 1.35. The molecule has 1 aliphatic carbocycles. The summed E-state index contributed by atoms with van der Waals surface area (Å²) in [6, 6.07) is 24.3. The van der Waals surface area contributed by atoms with Gasteiger partial charge in [-0.3, -0.25) is 0 Å². The van der Waals surface area contributed by atoms with Gasteiger partial charge in [0.1, 0.15) is 10.8 Å². The van der Waals surface area contributed by atoms with Gasteiger partial charge in [0.25, 0.3) is 0 Å². The quantitative estimate of drug-likeness (QED) is 0.345. The summed E-state index contributed by atoms with van der Waals surface area (Å²) in [5, 5.41) is 1.05. The van der Waals surface area contributed by atoms with Gasteiger partial charge in [-0.2, -0.15) is 0 Å². The molecule has 1 aliphatic heterocycles. The molecule has 4 aromatic rings. The molecule has 4 heteroatoms. The average molecular weight is 425 g/mol. The van der Waals surface area contributed by atoms with Crippen molar-refractivity contribution in [2.24, 2.45) is 0 Å². The molecule has 0 amide bonds. The van der Waals surface area contributed by atoms with Gasteiger partial charge in [0.05, 0.1) is 17.3 Å². The lowest BCUT2D eigenvalue weighted by atomic mass is 9.96. The molecule has 31 heavy (non-hydrogen) atoms. The van der Waals surface area contributed by atoms with Crippen LogP contribution < -0.4 is 9.64 Å². The van der Waals surface area contributed by atoms with Crippen LogP contribution in [0, 0.1) is 0 Å². The van der Waals surface area contributed by atoms with E-state index in [1.165, 1.54) is 46.5 Å². The topological polar surface area (TPSA) is 25.4 Å². The SMILES string of the molecule is COc1cccc(N2c3ccc(/C=C/c4nc5ccccc5s4)cc3C3CCCC32)c1. The number of ether oxygens (including phenoxy) is 1. The summed E-state index contributed by atoms with van der Waals surface area (Å²) in [6.45, 7) is 0. The van der Waals surface area contributed by atoms with E-state index in [1.54, 1.807) is 18.4 Å². The van der Waals surface area contributed by atoms with Crippen LogP contribution in [0.4, 0.5) is 11.4 Å². The van der Waals surface area contributed by atoms with Crippen molar-refractivity contribution in [3.63, 3.8) is 0 Å². The molecule has 154 valence electrons. The first-order chi connectivity index (χ1) is 15.3. The van der Waals surface area contributed by atoms with Gasteiger partial charge in [0, 0.05) is 29.4 Å². The molecule has 2 unspecified atom stereocenters. The molecule has 0 bridgehead atoms. The Morgan fingerprint density at radius 1 is 1.00 bits per heavy atom. The maximum absolute atomic E-state index is 5.49. The van der Waals surface area contributed by atoms with Crippen LogP contribution in [0.1, 0.15) is 41.3 Å². The maximum Gasteiger partial charge on any atom is 0.120 e. The minimum absolute atomic E-state index is 0.547. The first-order valence-corrected chi connectivity index (χ1v) is 11.7. The largest absolute Gasteiger partial charge is 0.497 e. The molecule has 1 fully saturated rings. The summed E-state index contributed by atoms with van der Waals surface area (Å²) >= 11 is 1.74. The predicted octanol–water partition coefficient (Wildman–Crippen LogP) is 7.26.